The van der Waals surface area contributed by atoms with E-state index in [1.54, 1.807) is 31.5 Å². The third-order valence-electron chi connectivity index (χ3n) is 3.18. The van der Waals surface area contributed by atoms with Gasteiger partial charge < -0.3 is 5.11 Å². The number of sulfonamides is 1. The molecule has 0 aliphatic carbocycles. The number of carbonyl (C=O) groups is 1. The molecule has 0 aliphatic heterocycles. The van der Waals surface area contributed by atoms with Gasteiger partial charge in [-0.05, 0) is 41.8 Å². The molecule has 22 heavy (non-hydrogen) atoms. The van der Waals surface area contributed by atoms with Crippen molar-refractivity contribution in [2.24, 2.45) is 0 Å². The normalized spacial score (nSPS) is 12.8. The molecule has 0 spiro atoms. The summed E-state index contributed by atoms with van der Waals surface area (Å²) in [5.41, 5.74) is 1.77. The number of benzene rings is 1. The largest absolute Gasteiger partial charge is 0.480 e. The predicted octanol–water partition coefficient (Wildman–Crippen LogP) is 1.89. The molecule has 2 rings (SSSR count). The van der Waals surface area contributed by atoms with Crippen LogP contribution in [0.3, 0.4) is 0 Å². The highest BCUT2D eigenvalue weighted by Gasteiger charge is 2.23. The van der Waals surface area contributed by atoms with Crippen LogP contribution in [0, 0.1) is 0 Å². The molecule has 6 nitrogen and oxygen atoms in total. The second kappa shape index (κ2) is 6.67. The van der Waals surface area contributed by atoms with Gasteiger partial charge in [-0.25, -0.2) is 8.42 Å². The summed E-state index contributed by atoms with van der Waals surface area (Å²) in [5, 5.41) is 8.94. The van der Waals surface area contributed by atoms with Crippen LogP contribution in [0.25, 0.3) is 11.1 Å². The minimum absolute atomic E-state index is 0.0324. The van der Waals surface area contributed by atoms with Crippen LogP contribution in [0.2, 0.25) is 0 Å². The van der Waals surface area contributed by atoms with Gasteiger partial charge in [-0.2, -0.15) is 4.72 Å². The van der Waals surface area contributed by atoms with Crippen molar-refractivity contribution in [1.29, 1.82) is 0 Å². The topological polar surface area (TPSA) is 96.4 Å². The van der Waals surface area contributed by atoms with Crippen molar-refractivity contribution in [3.8, 4) is 11.1 Å². The zero-order valence-electron chi connectivity index (χ0n) is 11.9. The van der Waals surface area contributed by atoms with Crippen molar-refractivity contribution in [3.05, 3.63) is 48.8 Å². The Kier molecular flexibility index (Phi) is 4.89. The van der Waals surface area contributed by atoms with Crippen LogP contribution < -0.4 is 4.72 Å². The van der Waals surface area contributed by atoms with Crippen molar-refractivity contribution in [2.75, 3.05) is 0 Å². The number of carboxylic acid groups (broad SMARTS) is 1. The highest BCUT2D eigenvalue weighted by Crippen LogP contribution is 2.20. The highest BCUT2D eigenvalue weighted by molar-refractivity contribution is 7.89. The lowest BCUT2D eigenvalue weighted by atomic mass is 10.1. The maximum absolute atomic E-state index is 12.2. The van der Waals surface area contributed by atoms with Crippen LogP contribution in [0.5, 0.6) is 0 Å². The number of hydrogen-bond donors (Lipinski definition) is 2. The van der Waals surface area contributed by atoms with Gasteiger partial charge in [-0.15, -0.1) is 0 Å². The van der Waals surface area contributed by atoms with Gasteiger partial charge in [0.25, 0.3) is 0 Å². The molecular weight excluding hydrogens is 304 g/mol. The Bertz CT molecular complexity index is 743. The Morgan fingerprint density at radius 2 is 1.68 bits per heavy atom. The van der Waals surface area contributed by atoms with Crippen LogP contribution >= 0.6 is 0 Å². The maximum atomic E-state index is 12.2. The average molecular weight is 320 g/mol. The van der Waals surface area contributed by atoms with E-state index in [4.69, 9.17) is 5.11 Å². The molecule has 1 aromatic carbocycles. The molecule has 0 bridgehead atoms. The zero-order chi connectivity index (χ0) is 16.2. The third-order valence-corrected chi connectivity index (χ3v) is 4.67. The zero-order valence-corrected chi connectivity index (χ0v) is 12.7. The van der Waals surface area contributed by atoms with E-state index in [0.717, 1.165) is 11.1 Å². The first-order valence-corrected chi connectivity index (χ1v) is 8.18. The van der Waals surface area contributed by atoms with Crippen molar-refractivity contribution < 1.29 is 18.3 Å². The van der Waals surface area contributed by atoms with Crippen LogP contribution in [0.1, 0.15) is 13.3 Å². The van der Waals surface area contributed by atoms with Crippen LogP contribution in [0.4, 0.5) is 0 Å². The molecule has 2 N–H and O–H groups in total. The molecule has 0 saturated heterocycles. The summed E-state index contributed by atoms with van der Waals surface area (Å²) in [6.07, 6.45) is 3.48. The van der Waals surface area contributed by atoms with Gasteiger partial charge in [0.15, 0.2) is 0 Å². The van der Waals surface area contributed by atoms with Crippen molar-refractivity contribution in [3.63, 3.8) is 0 Å². The second-order valence-corrected chi connectivity index (χ2v) is 6.39. The van der Waals surface area contributed by atoms with E-state index in [2.05, 4.69) is 9.71 Å². The number of rotatable bonds is 6. The summed E-state index contributed by atoms with van der Waals surface area (Å²) < 4.78 is 26.5. The molecule has 7 heteroatoms. The van der Waals surface area contributed by atoms with Gasteiger partial charge in [-0.1, -0.05) is 19.1 Å². The molecule has 0 radical (unpaired) electrons. The first-order chi connectivity index (χ1) is 10.4. The van der Waals surface area contributed by atoms with Crippen molar-refractivity contribution >= 4 is 16.0 Å². The molecule has 1 atom stereocenters. The number of carboxylic acids is 1. The van der Waals surface area contributed by atoms with Gasteiger partial charge in [0.2, 0.25) is 10.0 Å². The summed E-state index contributed by atoms with van der Waals surface area (Å²) in [6.45, 7) is 1.61. The summed E-state index contributed by atoms with van der Waals surface area (Å²) in [6, 6.07) is 8.75. The van der Waals surface area contributed by atoms with Gasteiger partial charge in [0, 0.05) is 12.4 Å². The predicted molar refractivity (Wildman–Crippen MR) is 81.7 cm³/mol. The van der Waals surface area contributed by atoms with E-state index in [9.17, 15) is 13.2 Å². The van der Waals surface area contributed by atoms with E-state index in [1.807, 2.05) is 12.1 Å². The number of aromatic nitrogens is 1. The second-order valence-electron chi connectivity index (χ2n) is 4.68. The van der Waals surface area contributed by atoms with Crippen LogP contribution in [-0.2, 0) is 14.8 Å². The van der Waals surface area contributed by atoms with Gasteiger partial charge in [0.1, 0.15) is 6.04 Å². The Labute approximate surface area is 128 Å². The summed E-state index contributed by atoms with van der Waals surface area (Å²) >= 11 is 0. The number of hydrogen-bond acceptors (Lipinski definition) is 4. The molecule has 1 heterocycles. The highest BCUT2D eigenvalue weighted by atomic mass is 32.2. The fourth-order valence-electron chi connectivity index (χ4n) is 1.93. The molecular formula is C15H16N2O4S. The van der Waals surface area contributed by atoms with E-state index in [1.165, 1.54) is 12.1 Å². The Morgan fingerprint density at radius 1 is 1.14 bits per heavy atom. The lowest BCUT2D eigenvalue weighted by molar-refractivity contribution is -0.139. The monoisotopic (exact) mass is 320 g/mol. The van der Waals surface area contributed by atoms with Gasteiger partial charge in [-0.3, -0.25) is 9.78 Å². The Balaban J connectivity index is 2.24. The summed E-state index contributed by atoms with van der Waals surface area (Å²) in [5.74, 6) is -1.19. The standard InChI is InChI=1S/C15H16N2O4S/c1-2-14(15(18)19)17-22(20,21)13-5-3-11(4-6-13)12-7-9-16-10-8-12/h3-10,14,17H,2H2,1H3,(H,18,19). The smallest absolute Gasteiger partial charge is 0.321 e. The molecule has 116 valence electrons. The van der Waals surface area contributed by atoms with E-state index in [-0.39, 0.29) is 11.3 Å². The maximum Gasteiger partial charge on any atom is 0.321 e. The fourth-order valence-corrected chi connectivity index (χ4v) is 3.21. The fraction of sp³-hybridized carbons (Fsp3) is 0.200. The van der Waals surface area contributed by atoms with Crippen molar-refractivity contribution in [1.82, 2.24) is 9.71 Å². The minimum Gasteiger partial charge on any atom is -0.480 e. The van der Waals surface area contributed by atoms with E-state index < -0.39 is 22.0 Å². The van der Waals surface area contributed by atoms with Crippen molar-refractivity contribution in [2.45, 2.75) is 24.3 Å². The lowest BCUT2D eigenvalue weighted by Gasteiger charge is -2.13. The first-order valence-electron chi connectivity index (χ1n) is 6.69. The quantitative estimate of drug-likeness (QED) is 0.847. The number of aliphatic carboxylic acids is 1. The Morgan fingerprint density at radius 3 is 2.18 bits per heavy atom. The van der Waals surface area contributed by atoms with E-state index >= 15 is 0 Å². The van der Waals surface area contributed by atoms with Crippen LogP contribution in [0.15, 0.2) is 53.7 Å². The number of pyridine rings is 1. The molecule has 0 saturated carbocycles. The SMILES string of the molecule is CCC(NS(=O)(=O)c1ccc(-c2ccncc2)cc1)C(=O)O. The molecule has 1 aromatic heterocycles. The minimum atomic E-state index is -3.86. The number of nitrogens with one attached hydrogen (secondary N) is 1. The molecule has 2 aromatic rings. The van der Waals surface area contributed by atoms with E-state index in [0.29, 0.717) is 0 Å². The molecule has 0 fully saturated rings. The van der Waals surface area contributed by atoms with Gasteiger partial charge >= 0.3 is 5.97 Å². The first kappa shape index (κ1) is 16.1. The molecule has 1 unspecified atom stereocenters. The van der Waals surface area contributed by atoms with Gasteiger partial charge in [0.05, 0.1) is 4.90 Å². The summed E-state index contributed by atoms with van der Waals surface area (Å²) in [4.78, 5) is 14.9. The number of nitrogens with zero attached hydrogens (tertiary/aromatic N) is 1. The third kappa shape index (κ3) is 3.69. The molecule has 0 aliphatic rings. The molecule has 0 amide bonds. The Hall–Kier alpha value is -2.25. The summed E-state index contributed by atoms with van der Waals surface area (Å²) in [7, 11) is -3.86. The average Bonchev–Trinajstić information content (AvgIpc) is 2.53. The lowest BCUT2D eigenvalue weighted by Crippen LogP contribution is -2.40. The van der Waals surface area contributed by atoms with Crippen LogP contribution in [-0.4, -0.2) is 30.5 Å².